The summed E-state index contributed by atoms with van der Waals surface area (Å²) in [6.07, 6.45) is 0. The summed E-state index contributed by atoms with van der Waals surface area (Å²) in [4.78, 5) is 19.8. The summed E-state index contributed by atoms with van der Waals surface area (Å²) in [7, 11) is 0. The van der Waals surface area contributed by atoms with E-state index in [9.17, 15) is 9.59 Å². The fourth-order valence-electron chi connectivity index (χ4n) is 0.888. The van der Waals surface area contributed by atoms with Crippen LogP contribution in [0.3, 0.4) is 0 Å². The summed E-state index contributed by atoms with van der Waals surface area (Å²) >= 11 is 0. The van der Waals surface area contributed by atoms with E-state index in [-0.39, 0.29) is 72.3 Å². The van der Waals surface area contributed by atoms with Gasteiger partial charge in [-0.2, -0.15) is 0 Å². The number of hydrogen-bond acceptors (Lipinski definition) is 8. The van der Waals surface area contributed by atoms with Gasteiger partial charge in [0.25, 0.3) is 0 Å². The molecule has 0 aromatic rings. The number of hydrogen-bond donors (Lipinski definition) is 4. The second-order valence-corrected chi connectivity index (χ2v) is 3.56. The van der Waals surface area contributed by atoms with Crippen LogP contribution in [0.15, 0.2) is 0 Å². The summed E-state index contributed by atoms with van der Waals surface area (Å²) in [5, 5.41) is 32.7. The molecule has 0 aliphatic heterocycles. The molecular weight excluding hydrogens is 370 g/mol. The quantitative estimate of drug-likeness (QED) is 0.196. The first-order chi connectivity index (χ1) is 10.5. The number of aliphatic carboxylic acids is 2. The number of aliphatic hydroxyl groups excluding tert-OH is 2. The molecule has 0 saturated carbocycles. The van der Waals surface area contributed by atoms with Crippen molar-refractivity contribution < 1.29 is 68.4 Å². The number of carbonyl (C=O) groups is 2. The smallest absolute Gasteiger partial charge is 0.329 e. The van der Waals surface area contributed by atoms with Crippen molar-refractivity contribution in [1.29, 1.82) is 0 Å². The van der Waals surface area contributed by atoms with Gasteiger partial charge in [0.05, 0.1) is 52.9 Å². The molecule has 0 amide bonds. The minimum atomic E-state index is -0.993. The topological polar surface area (TPSA) is 152 Å². The predicted octanol–water partition coefficient (Wildman–Crippen LogP) is -1.81. The van der Waals surface area contributed by atoms with E-state index < -0.39 is 11.9 Å². The van der Waals surface area contributed by atoms with Gasteiger partial charge >= 0.3 is 11.9 Å². The maximum absolute atomic E-state index is 9.88. The average Bonchev–Trinajstić information content (AvgIpc) is 2.46. The fourth-order valence-corrected chi connectivity index (χ4v) is 0.888. The Morgan fingerprint density at radius 1 is 0.609 bits per heavy atom. The van der Waals surface area contributed by atoms with E-state index in [0.29, 0.717) is 13.2 Å². The molecular formula is C12H24O10Zn. The van der Waals surface area contributed by atoms with Crippen LogP contribution in [0.25, 0.3) is 0 Å². The summed E-state index contributed by atoms with van der Waals surface area (Å²) in [6, 6.07) is 0. The van der Waals surface area contributed by atoms with Gasteiger partial charge in [-0.05, 0) is 0 Å². The molecule has 0 aromatic carbocycles. The molecule has 23 heavy (non-hydrogen) atoms. The van der Waals surface area contributed by atoms with Crippen LogP contribution in [0.2, 0.25) is 0 Å². The minimum Gasteiger partial charge on any atom is -0.480 e. The summed E-state index contributed by atoms with van der Waals surface area (Å²) < 4.78 is 18.9. The van der Waals surface area contributed by atoms with Gasteiger partial charge in [-0.1, -0.05) is 0 Å². The zero-order valence-corrected chi connectivity index (χ0v) is 16.0. The van der Waals surface area contributed by atoms with Gasteiger partial charge in [-0.25, -0.2) is 9.59 Å². The van der Waals surface area contributed by atoms with E-state index in [1.807, 2.05) is 0 Å². The number of ether oxygens (including phenoxy) is 4. The van der Waals surface area contributed by atoms with E-state index in [0.717, 1.165) is 0 Å². The molecule has 0 fully saturated rings. The van der Waals surface area contributed by atoms with E-state index in [1.54, 1.807) is 0 Å². The van der Waals surface area contributed by atoms with Crippen molar-refractivity contribution in [3.8, 4) is 0 Å². The van der Waals surface area contributed by atoms with Gasteiger partial charge in [0.15, 0.2) is 0 Å². The van der Waals surface area contributed by atoms with Crippen LogP contribution in [0, 0.1) is 0 Å². The Morgan fingerprint density at radius 2 is 0.913 bits per heavy atom. The Morgan fingerprint density at radius 3 is 1.17 bits per heavy atom. The third-order valence-corrected chi connectivity index (χ3v) is 1.67. The molecule has 11 heteroatoms. The number of aliphatic hydroxyl groups is 2. The fraction of sp³-hybridized carbons (Fsp3) is 0.833. The van der Waals surface area contributed by atoms with E-state index >= 15 is 0 Å². The maximum Gasteiger partial charge on any atom is 0.329 e. The Balaban J connectivity index is -0.000000333. The van der Waals surface area contributed by atoms with Crippen molar-refractivity contribution in [3.05, 3.63) is 0 Å². The third-order valence-electron chi connectivity index (χ3n) is 1.67. The minimum absolute atomic E-state index is 0. The molecule has 0 radical (unpaired) electrons. The van der Waals surface area contributed by atoms with Crippen molar-refractivity contribution in [2.45, 2.75) is 0 Å². The first-order valence-corrected chi connectivity index (χ1v) is 6.50. The second-order valence-electron chi connectivity index (χ2n) is 3.56. The van der Waals surface area contributed by atoms with Crippen LogP contribution in [0.5, 0.6) is 0 Å². The molecule has 0 bridgehead atoms. The van der Waals surface area contributed by atoms with Gasteiger partial charge in [0.2, 0.25) is 0 Å². The van der Waals surface area contributed by atoms with Gasteiger partial charge < -0.3 is 39.4 Å². The molecule has 0 aliphatic carbocycles. The van der Waals surface area contributed by atoms with Gasteiger partial charge in [0.1, 0.15) is 13.2 Å². The van der Waals surface area contributed by atoms with Crippen molar-refractivity contribution >= 4 is 11.9 Å². The van der Waals surface area contributed by atoms with Crippen LogP contribution in [-0.2, 0) is 48.0 Å². The maximum atomic E-state index is 9.88. The average molecular weight is 394 g/mol. The number of carboxylic acid groups (broad SMARTS) is 2. The van der Waals surface area contributed by atoms with Crippen LogP contribution < -0.4 is 0 Å². The molecule has 0 atom stereocenters. The second kappa shape index (κ2) is 23.6. The molecule has 0 heterocycles. The normalized spacial score (nSPS) is 9.48. The van der Waals surface area contributed by atoms with E-state index in [4.69, 9.17) is 29.9 Å². The molecule has 0 aliphatic rings. The first kappa shape index (κ1) is 27.2. The van der Waals surface area contributed by atoms with Crippen LogP contribution >= 0.6 is 0 Å². The molecule has 10 nitrogen and oxygen atoms in total. The van der Waals surface area contributed by atoms with Gasteiger partial charge in [-0.15, -0.1) is 0 Å². The number of carboxylic acids is 2. The molecule has 0 spiro atoms. The summed E-state index contributed by atoms with van der Waals surface area (Å²) in [5.41, 5.74) is 0. The third kappa shape index (κ3) is 33.9. The van der Waals surface area contributed by atoms with Crippen LogP contribution in [0.1, 0.15) is 0 Å². The zero-order chi connectivity index (χ0) is 17.1. The van der Waals surface area contributed by atoms with E-state index in [2.05, 4.69) is 9.47 Å². The standard InChI is InChI=1S/2C6H12O5.Zn/c2*7-1-2-10-3-4-11-5-6(8)9;/h2*7H,1-5H2,(H,8,9);. The molecule has 0 unspecified atom stereocenters. The van der Waals surface area contributed by atoms with Crippen LogP contribution in [0.4, 0.5) is 0 Å². The summed E-state index contributed by atoms with van der Waals surface area (Å²) in [6.45, 7) is 0.968. The monoisotopic (exact) mass is 392 g/mol. The Labute approximate surface area is 147 Å². The Bertz CT molecular complexity index is 238. The molecule has 134 valence electrons. The van der Waals surface area contributed by atoms with Crippen molar-refractivity contribution in [2.24, 2.45) is 0 Å². The SMILES string of the molecule is O=C(O)COCCOCCO.O=C(O)COCCOCCO.[Zn]. The Hall–Kier alpha value is -0.677. The first-order valence-electron chi connectivity index (χ1n) is 6.50. The predicted molar refractivity (Wildman–Crippen MR) is 72.7 cm³/mol. The van der Waals surface area contributed by atoms with E-state index in [1.165, 1.54) is 0 Å². The molecule has 0 rings (SSSR count). The van der Waals surface area contributed by atoms with Crippen LogP contribution in [-0.4, -0.2) is 98.4 Å². The Kier molecular flexibility index (Phi) is 27.9. The number of rotatable bonds is 14. The van der Waals surface area contributed by atoms with Crippen molar-refractivity contribution in [1.82, 2.24) is 0 Å². The molecule has 0 saturated heterocycles. The largest absolute Gasteiger partial charge is 0.480 e. The summed E-state index contributed by atoms with van der Waals surface area (Å²) in [5.74, 6) is -1.99. The molecule has 0 aromatic heterocycles. The van der Waals surface area contributed by atoms with Gasteiger partial charge in [0, 0.05) is 19.5 Å². The van der Waals surface area contributed by atoms with Crippen molar-refractivity contribution in [2.75, 3.05) is 66.1 Å². The zero-order valence-electron chi connectivity index (χ0n) is 13.0. The van der Waals surface area contributed by atoms with Gasteiger partial charge in [-0.3, -0.25) is 0 Å². The molecule has 4 N–H and O–H groups in total. The van der Waals surface area contributed by atoms with Crippen molar-refractivity contribution in [3.63, 3.8) is 0 Å².